The van der Waals surface area contributed by atoms with Crippen LogP contribution in [-0.2, 0) is 5.75 Å². The number of aromatic carboxylic acids is 1. The minimum Gasteiger partial charge on any atom is -0.478 e. The number of rotatable bonds is 4. The summed E-state index contributed by atoms with van der Waals surface area (Å²) in [5.41, 5.74) is 1.96. The van der Waals surface area contributed by atoms with Crippen LogP contribution in [0.4, 0.5) is 0 Å². The van der Waals surface area contributed by atoms with Gasteiger partial charge < -0.3 is 5.11 Å². The average Bonchev–Trinajstić information content (AvgIpc) is 2.45. The number of carbonyl (C=O) groups is 1. The third kappa shape index (κ3) is 3.62. The number of nitriles is 1. The first-order valence-corrected chi connectivity index (χ1v) is 7.52. The van der Waals surface area contributed by atoms with Crippen LogP contribution in [0.5, 0.6) is 0 Å². The van der Waals surface area contributed by atoms with E-state index in [4.69, 9.17) is 10.4 Å². The van der Waals surface area contributed by atoms with E-state index in [0.29, 0.717) is 16.9 Å². The number of benzene rings is 2. The normalized spacial score (nSPS) is 10.0. The van der Waals surface area contributed by atoms with Crippen LogP contribution < -0.4 is 0 Å². The van der Waals surface area contributed by atoms with Crippen LogP contribution in [-0.4, -0.2) is 11.1 Å². The average molecular weight is 348 g/mol. The third-order valence-electron chi connectivity index (χ3n) is 2.65. The van der Waals surface area contributed by atoms with Crippen molar-refractivity contribution in [3.63, 3.8) is 0 Å². The Hall–Kier alpha value is -1.77. The lowest BCUT2D eigenvalue weighted by Gasteiger charge is -2.07. The summed E-state index contributed by atoms with van der Waals surface area (Å²) in [6.07, 6.45) is 0. The number of halogens is 1. The first-order valence-electron chi connectivity index (χ1n) is 5.75. The van der Waals surface area contributed by atoms with Crippen molar-refractivity contribution >= 4 is 33.7 Å². The summed E-state index contributed by atoms with van der Waals surface area (Å²) in [7, 11) is 0. The number of carboxylic acid groups (broad SMARTS) is 1. The Morgan fingerprint density at radius 2 is 1.95 bits per heavy atom. The van der Waals surface area contributed by atoms with Gasteiger partial charge in [-0.2, -0.15) is 5.26 Å². The predicted molar refractivity (Wildman–Crippen MR) is 81.8 cm³/mol. The molecule has 0 aromatic heterocycles. The van der Waals surface area contributed by atoms with Crippen molar-refractivity contribution in [2.45, 2.75) is 10.6 Å². The second-order valence-corrected chi connectivity index (χ2v) is 5.98. The molecule has 0 radical (unpaired) electrons. The van der Waals surface area contributed by atoms with E-state index >= 15 is 0 Å². The highest BCUT2D eigenvalue weighted by molar-refractivity contribution is 9.10. The number of hydrogen-bond acceptors (Lipinski definition) is 3. The van der Waals surface area contributed by atoms with Gasteiger partial charge in [-0.25, -0.2) is 4.79 Å². The van der Waals surface area contributed by atoms with Gasteiger partial charge in [0.15, 0.2) is 0 Å². The fourth-order valence-electron chi connectivity index (χ4n) is 1.63. The Labute approximate surface area is 129 Å². The first kappa shape index (κ1) is 14.6. The highest BCUT2D eigenvalue weighted by Gasteiger charge is 2.11. The zero-order chi connectivity index (χ0) is 14.5. The zero-order valence-corrected chi connectivity index (χ0v) is 12.7. The summed E-state index contributed by atoms with van der Waals surface area (Å²) in [6.45, 7) is 0. The lowest BCUT2D eigenvalue weighted by atomic mass is 10.2. The summed E-state index contributed by atoms with van der Waals surface area (Å²) < 4.78 is 0.852. The zero-order valence-electron chi connectivity index (χ0n) is 10.3. The maximum absolute atomic E-state index is 11.2. The van der Waals surface area contributed by atoms with E-state index in [2.05, 4.69) is 22.0 Å². The monoisotopic (exact) mass is 347 g/mol. The van der Waals surface area contributed by atoms with Crippen LogP contribution in [0.1, 0.15) is 21.5 Å². The molecular weight excluding hydrogens is 338 g/mol. The van der Waals surface area contributed by atoms with E-state index in [1.807, 2.05) is 12.1 Å². The lowest BCUT2D eigenvalue weighted by Crippen LogP contribution is -1.98. The molecule has 0 saturated carbocycles. The molecule has 0 heterocycles. The smallest absolute Gasteiger partial charge is 0.336 e. The van der Waals surface area contributed by atoms with Crippen LogP contribution in [0.2, 0.25) is 0 Å². The van der Waals surface area contributed by atoms with E-state index in [1.165, 1.54) is 11.8 Å². The minimum atomic E-state index is -0.931. The van der Waals surface area contributed by atoms with E-state index in [0.717, 1.165) is 14.9 Å². The number of thioether (sulfide) groups is 1. The highest BCUT2D eigenvalue weighted by Crippen LogP contribution is 2.29. The standard InChI is InChI=1S/C15H10BrNO2S/c16-12-5-6-13(15(18)19)14(7-12)20-9-11-3-1-10(8-17)2-4-11/h1-7H,9H2,(H,18,19). The van der Waals surface area contributed by atoms with Gasteiger partial charge in [-0.15, -0.1) is 11.8 Å². The van der Waals surface area contributed by atoms with E-state index < -0.39 is 5.97 Å². The molecule has 0 saturated heterocycles. The van der Waals surface area contributed by atoms with Gasteiger partial charge in [-0.1, -0.05) is 28.1 Å². The second-order valence-electron chi connectivity index (χ2n) is 4.04. The predicted octanol–water partition coefficient (Wildman–Crippen LogP) is 4.31. The molecule has 0 aliphatic carbocycles. The number of nitrogens with zero attached hydrogens (tertiary/aromatic N) is 1. The Morgan fingerprint density at radius 1 is 1.25 bits per heavy atom. The molecule has 2 aromatic carbocycles. The Morgan fingerprint density at radius 3 is 2.55 bits per heavy atom. The van der Waals surface area contributed by atoms with Crippen molar-refractivity contribution in [1.82, 2.24) is 0 Å². The molecule has 5 heteroatoms. The molecule has 0 spiro atoms. The molecule has 0 bridgehead atoms. The van der Waals surface area contributed by atoms with Gasteiger partial charge in [0, 0.05) is 15.1 Å². The van der Waals surface area contributed by atoms with E-state index in [-0.39, 0.29) is 0 Å². The van der Waals surface area contributed by atoms with E-state index in [1.54, 1.807) is 30.3 Å². The van der Waals surface area contributed by atoms with Crippen molar-refractivity contribution in [3.05, 3.63) is 63.6 Å². The maximum atomic E-state index is 11.2. The summed E-state index contributed by atoms with van der Waals surface area (Å²) in [5.74, 6) is -0.276. The first-order chi connectivity index (χ1) is 9.60. The van der Waals surface area contributed by atoms with Crippen molar-refractivity contribution in [2.75, 3.05) is 0 Å². The summed E-state index contributed by atoms with van der Waals surface area (Å²) in [4.78, 5) is 11.9. The quantitative estimate of drug-likeness (QED) is 0.837. The van der Waals surface area contributed by atoms with Crippen LogP contribution in [0.15, 0.2) is 51.8 Å². The van der Waals surface area contributed by atoms with Crippen molar-refractivity contribution in [1.29, 1.82) is 5.26 Å². The van der Waals surface area contributed by atoms with E-state index in [9.17, 15) is 4.79 Å². The molecule has 0 fully saturated rings. The van der Waals surface area contributed by atoms with Crippen molar-refractivity contribution < 1.29 is 9.90 Å². The molecule has 2 aromatic rings. The number of hydrogen-bond donors (Lipinski definition) is 1. The molecular formula is C15H10BrNO2S. The second kappa shape index (κ2) is 6.60. The molecule has 0 atom stereocenters. The lowest BCUT2D eigenvalue weighted by molar-refractivity contribution is 0.0693. The van der Waals surface area contributed by atoms with Crippen LogP contribution in [0, 0.1) is 11.3 Å². The maximum Gasteiger partial charge on any atom is 0.336 e. The third-order valence-corrected chi connectivity index (χ3v) is 4.27. The van der Waals surface area contributed by atoms with Gasteiger partial charge in [-0.3, -0.25) is 0 Å². The fraction of sp³-hybridized carbons (Fsp3) is 0.0667. The topological polar surface area (TPSA) is 61.1 Å². The van der Waals surface area contributed by atoms with Gasteiger partial charge in [0.05, 0.1) is 17.2 Å². The van der Waals surface area contributed by atoms with Crippen molar-refractivity contribution in [3.8, 4) is 6.07 Å². The summed E-state index contributed by atoms with van der Waals surface area (Å²) in [5, 5.41) is 17.9. The molecule has 3 nitrogen and oxygen atoms in total. The largest absolute Gasteiger partial charge is 0.478 e. The molecule has 0 amide bonds. The molecule has 100 valence electrons. The minimum absolute atomic E-state index is 0.298. The molecule has 0 aliphatic rings. The summed E-state index contributed by atoms with van der Waals surface area (Å²) >= 11 is 4.81. The van der Waals surface area contributed by atoms with Crippen LogP contribution >= 0.6 is 27.7 Å². The van der Waals surface area contributed by atoms with Gasteiger partial charge in [0.1, 0.15) is 0 Å². The molecule has 2 rings (SSSR count). The van der Waals surface area contributed by atoms with Gasteiger partial charge in [0.2, 0.25) is 0 Å². The highest BCUT2D eigenvalue weighted by atomic mass is 79.9. The Kier molecular flexibility index (Phi) is 4.83. The van der Waals surface area contributed by atoms with Gasteiger partial charge in [-0.05, 0) is 35.9 Å². The van der Waals surface area contributed by atoms with Gasteiger partial charge in [0.25, 0.3) is 0 Å². The molecule has 20 heavy (non-hydrogen) atoms. The SMILES string of the molecule is N#Cc1ccc(CSc2cc(Br)ccc2C(=O)O)cc1. The Balaban J connectivity index is 2.15. The summed E-state index contributed by atoms with van der Waals surface area (Å²) in [6, 6.07) is 14.5. The fourth-order valence-corrected chi connectivity index (χ4v) is 3.18. The molecule has 1 N–H and O–H groups in total. The van der Waals surface area contributed by atoms with Crippen LogP contribution in [0.25, 0.3) is 0 Å². The number of carboxylic acids is 1. The molecule has 0 unspecified atom stereocenters. The molecule has 0 aliphatic heterocycles. The van der Waals surface area contributed by atoms with Gasteiger partial charge >= 0.3 is 5.97 Å². The van der Waals surface area contributed by atoms with Crippen LogP contribution in [0.3, 0.4) is 0 Å². The Bertz CT molecular complexity index is 677. The van der Waals surface area contributed by atoms with Crippen molar-refractivity contribution in [2.24, 2.45) is 0 Å².